The third kappa shape index (κ3) is 4.46. The number of aryl methyl sites for hydroxylation is 1. The molecule has 0 amide bonds. The number of hydrogen-bond acceptors (Lipinski definition) is 5. The lowest BCUT2D eigenvalue weighted by Gasteiger charge is -2.62. The zero-order chi connectivity index (χ0) is 27.7. The summed E-state index contributed by atoms with van der Waals surface area (Å²) in [6.45, 7) is 11.3. The van der Waals surface area contributed by atoms with Crippen molar-refractivity contribution in [3.8, 4) is 0 Å². The lowest BCUT2D eigenvalue weighted by molar-refractivity contribution is -0.183. The standard InChI is InChI=1S/C32H46FN3O3/c1-19(2)39-18-32-15-14-30(4,38)16-21(32)7-8-22-23-9-10-25(31(23,5)13-12-24(22)32)27(37)17-36-34-26-11-6-20(3)28(33)29(26)35-36/h6,11,19,21-25,38H,7-10,12-18H2,1-5H3/t21-,22+,23+,24+,25-,30-,31+,32-/m1/s1. The lowest BCUT2D eigenvalue weighted by Crippen LogP contribution is -2.58. The number of carbonyl (C=O) groups is 1. The minimum absolute atomic E-state index is 0.00294. The Morgan fingerprint density at radius 1 is 1.10 bits per heavy atom. The first-order valence-electron chi connectivity index (χ1n) is 15.3. The van der Waals surface area contributed by atoms with Gasteiger partial charge in [-0.05, 0) is 132 Å². The Hall–Kier alpha value is -1.86. The van der Waals surface area contributed by atoms with Crippen molar-refractivity contribution in [2.24, 2.45) is 40.4 Å². The number of carbonyl (C=O) groups excluding carboxylic acids is 1. The van der Waals surface area contributed by atoms with Gasteiger partial charge in [0.2, 0.25) is 0 Å². The molecule has 6 nitrogen and oxygen atoms in total. The molecule has 0 bridgehead atoms. The van der Waals surface area contributed by atoms with Crippen LogP contribution in [0.15, 0.2) is 12.1 Å². The van der Waals surface area contributed by atoms with Crippen molar-refractivity contribution >= 4 is 16.8 Å². The second-order valence-corrected chi connectivity index (χ2v) is 14.4. The van der Waals surface area contributed by atoms with E-state index in [2.05, 4.69) is 31.0 Å². The van der Waals surface area contributed by atoms with E-state index in [1.54, 1.807) is 19.1 Å². The van der Waals surface area contributed by atoms with Crippen LogP contribution in [-0.4, -0.2) is 44.2 Å². The highest BCUT2D eigenvalue weighted by atomic mass is 19.1. The van der Waals surface area contributed by atoms with Crippen LogP contribution in [0.4, 0.5) is 4.39 Å². The van der Waals surface area contributed by atoms with Crippen LogP contribution in [0.2, 0.25) is 0 Å². The maximum Gasteiger partial charge on any atom is 0.159 e. The summed E-state index contributed by atoms with van der Waals surface area (Å²) < 4.78 is 20.9. The largest absolute Gasteiger partial charge is 0.390 e. The van der Waals surface area contributed by atoms with Gasteiger partial charge in [-0.15, -0.1) is 5.10 Å². The number of ether oxygens (including phenoxy) is 1. The normalized spacial score (nSPS) is 39.9. The van der Waals surface area contributed by atoms with Crippen molar-refractivity contribution in [3.05, 3.63) is 23.5 Å². The predicted molar refractivity (Wildman–Crippen MR) is 148 cm³/mol. The van der Waals surface area contributed by atoms with Crippen LogP contribution >= 0.6 is 0 Å². The van der Waals surface area contributed by atoms with Crippen molar-refractivity contribution in [3.63, 3.8) is 0 Å². The monoisotopic (exact) mass is 539 g/mol. The third-order valence-electron chi connectivity index (χ3n) is 11.8. The van der Waals surface area contributed by atoms with E-state index in [1.807, 2.05) is 6.92 Å². The van der Waals surface area contributed by atoms with Crippen LogP contribution in [0.5, 0.6) is 0 Å². The van der Waals surface area contributed by atoms with E-state index in [-0.39, 0.29) is 46.5 Å². The number of fused-ring (bicyclic) bond motifs is 6. The number of nitrogens with zero attached hydrogens (tertiary/aromatic N) is 3. The fourth-order valence-corrected chi connectivity index (χ4v) is 9.78. The van der Waals surface area contributed by atoms with Crippen LogP contribution in [0.1, 0.15) is 91.0 Å². The number of rotatable bonds is 6. The Bertz CT molecular complexity index is 1250. The van der Waals surface area contributed by atoms with E-state index < -0.39 is 5.60 Å². The Balaban J connectivity index is 1.23. The van der Waals surface area contributed by atoms with E-state index in [0.717, 1.165) is 58.0 Å². The summed E-state index contributed by atoms with van der Waals surface area (Å²) in [5.41, 5.74) is 0.839. The van der Waals surface area contributed by atoms with Gasteiger partial charge < -0.3 is 9.84 Å². The van der Waals surface area contributed by atoms with E-state index in [4.69, 9.17) is 4.74 Å². The average Bonchev–Trinajstić information content (AvgIpc) is 3.45. The number of hydrogen-bond donors (Lipinski definition) is 1. The van der Waals surface area contributed by atoms with Crippen molar-refractivity contribution in [2.75, 3.05) is 6.61 Å². The lowest BCUT2D eigenvalue weighted by atomic mass is 9.43. The number of ketones is 1. The topological polar surface area (TPSA) is 77.2 Å². The number of Topliss-reactive ketones (excluding diaryl/α,β-unsaturated/α-hetero) is 1. The molecule has 8 atom stereocenters. The molecule has 39 heavy (non-hydrogen) atoms. The smallest absolute Gasteiger partial charge is 0.159 e. The van der Waals surface area contributed by atoms with Gasteiger partial charge in [0.15, 0.2) is 11.6 Å². The molecule has 1 N–H and O–H groups in total. The molecule has 7 heteroatoms. The third-order valence-corrected chi connectivity index (χ3v) is 11.8. The van der Waals surface area contributed by atoms with Gasteiger partial charge in [-0.3, -0.25) is 4.79 Å². The zero-order valence-electron chi connectivity index (χ0n) is 24.4. The number of aliphatic hydroxyl groups is 1. The summed E-state index contributed by atoms with van der Waals surface area (Å²) in [5, 5.41) is 19.8. The molecule has 2 aromatic rings. The number of benzene rings is 1. The summed E-state index contributed by atoms with van der Waals surface area (Å²) in [6, 6.07) is 3.48. The minimum Gasteiger partial charge on any atom is -0.390 e. The molecule has 6 rings (SSSR count). The van der Waals surface area contributed by atoms with Gasteiger partial charge in [0.05, 0.1) is 18.3 Å². The molecule has 0 aliphatic heterocycles. The van der Waals surface area contributed by atoms with Gasteiger partial charge in [0.25, 0.3) is 0 Å². The van der Waals surface area contributed by atoms with Crippen LogP contribution in [0, 0.1) is 53.2 Å². The molecular formula is C32H46FN3O3. The highest BCUT2D eigenvalue weighted by molar-refractivity contribution is 5.82. The molecular weight excluding hydrogens is 493 g/mol. The Morgan fingerprint density at radius 3 is 2.67 bits per heavy atom. The first kappa shape index (κ1) is 27.3. The molecule has 1 aromatic carbocycles. The maximum atomic E-state index is 14.6. The first-order valence-corrected chi connectivity index (χ1v) is 15.3. The Kier molecular flexibility index (Phi) is 6.73. The molecule has 4 saturated carbocycles. The van der Waals surface area contributed by atoms with E-state index in [0.29, 0.717) is 34.8 Å². The summed E-state index contributed by atoms with van der Waals surface area (Å²) in [4.78, 5) is 15.2. The van der Waals surface area contributed by atoms with Crippen molar-refractivity contribution in [1.29, 1.82) is 0 Å². The predicted octanol–water partition coefficient (Wildman–Crippen LogP) is 6.26. The molecule has 0 unspecified atom stereocenters. The molecule has 0 saturated heterocycles. The summed E-state index contributed by atoms with van der Waals surface area (Å²) in [6.07, 6.45) is 9.54. The van der Waals surface area contributed by atoms with E-state index >= 15 is 0 Å². The summed E-state index contributed by atoms with van der Waals surface area (Å²) in [5.74, 6) is 2.09. The fourth-order valence-electron chi connectivity index (χ4n) is 9.78. The van der Waals surface area contributed by atoms with Crippen LogP contribution in [0.3, 0.4) is 0 Å². The molecule has 1 heterocycles. The average molecular weight is 540 g/mol. The van der Waals surface area contributed by atoms with Gasteiger partial charge in [-0.25, -0.2) is 4.39 Å². The zero-order valence-corrected chi connectivity index (χ0v) is 24.4. The van der Waals surface area contributed by atoms with Gasteiger partial charge in [-0.2, -0.15) is 9.90 Å². The fraction of sp³-hybridized carbons (Fsp3) is 0.781. The Morgan fingerprint density at radius 2 is 1.90 bits per heavy atom. The van der Waals surface area contributed by atoms with Crippen molar-refractivity contribution in [2.45, 2.75) is 111 Å². The molecule has 0 radical (unpaired) electrons. The summed E-state index contributed by atoms with van der Waals surface area (Å²) >= 11 is 0. The number of halogens is 1. The molecule has 214 valence electrons. The van der Waals surface area contributed by atoms with Gasteiger partial charge in [-0.1, -0.05) is 13.0 Å². The highest BCUT2D eigenvalue weighted by Gasteiger charge is 2.63. The second-order valence-electron chi connectivity index (χ2n) is 14.4. The second kappa shape index (κ2) is 9.61. The van der Waals surface area contributed by atoms with Crippen molar-refractivity contribution in [1.82, 2.24) is 15.0 Å². The SMILES string of the molecule is Cc1ccc2nn(CC(=O)[C@H]3CC[C@H]4[C@@H]5CC[C@@H]6C[C@](C)(O)CC[C@]6(COC(C)C)[C@H]5CC[C@]34C)nc2c1F. The highest BCUT2D eigenvalue weighted by Crippen LogP contribution is 2.68. The van der Waals surface area contributed by atoms with Crippen molar-refractivity contribution < 1.29 is 19.0 Å². The molecule has 0 spiro atoms. The molecule has 4 aliphatic rings. The van der Waals surface area contributed by atoms with Crippen LogP contribution in [0.25, 0.3) is 11.0 Å². The molecule has 4 aliphatic carbocycles. The van der Waals surface area contributed by atoms with E-state index in [1.165, 1.54) is 11.2 Å². The van der Waals surface area contributed by atoms with Gasteiger partial charge in [0.1, 0.15) is 17.6 Å². The van der Waals surface area contributed by atoms with Gasteiger partial charge in [0, 0.05) is 5.92 Å². The molecule has 4 fully saturated rings. The quantitative estimate of drug-likeness (QED) is 0.469. The minimum atomic E-state index is -0.570. The maximum absolute atomic E-state index is 14.6. The summed E-state index contributed by atoms with van der Waals surface area (Å²) in [7, 11) is 0. The van der Waals surface area contributed by atoms with E-state index in [9.17, 15) is 14.3 Å². The number of aromatic nitrogens is 3. The first-order chi connectivity index (χ1) is 18.4. The van der Waals surface area contributed by atoms with Crippen LogP contribution < -0.4 is 0 Å². The van der Waals surface area contributed by atoms with Crippen LogP contribution in [-0.2, 0) is 16.1 Å². The molecule has 1 aromatic heterocycles. The Labute approximate surface area is 232 Å². The van der Waals surface area contributed by atoms with Gasteiger partial charge >= 0.3 is 0 Å².